The number of carbonyl (C=O) groups excluding carboxylic acids is 1. The number of nitrogens with two attached hydrogens (primary N) is 1. The monoisotopic (exact) mass is 292 g/mol. The summed E-state index contributed by atoms with van der Waals surface area (Å²) < 4.78 is 5.12. The van der Waals surface area contributed by atoms with Crippen molar-refractivity contribution in [3.8, 4) is 0 Å². The maximum atomic E-state index is 12.1. The molecule has 2 rings (SSSR count). The lowest BCUT2D eigenvalue weighted by Crippen LogP contribution is -2.51. The number of esters is 1. The van der Waals surface area contributed by atoms with E-state index >= 15 is 0 Å². The van der Waals surface area contributed by atoms with Crippen molar-refractivity contribution in [1.29, 1.82) is 0 Å². The van der Waals surface area contributed by atoms with E-state index in [0.29, 0.717) is 29.7 Å². The Morgan fingerprint density at radius 3 is 2.90 bits per heavy atom. The molecule has 6 nitrogen and oxygen atoms in total. The number of anilines is 2. The summed E-state index contributed by atoms with van der Waals surface area (Å²) in [6, 6.07) is 2.12. The molecule has 1 aliphatic heterocycles. The van der Waals surface area contributed by atoms with Gasteiger partial charge in [0.25, 0.3) is 0 Å². The quantitative estimate of drug-likeness (QED) is 0.845. The highest BCUT2D eigenvalue weighted by Crippen LogP contribution is 2.24. The number of rotatable bonds is 4. The molecule has 0 amide bonds. The molecule has 1 aliphatic rings. The SMILES string of the molecule is CCOC(=O)c1cc(N)cnc1N1CCN(C)C(CC)C1. The Kier molecular flexibility index (Phi) is 5.01. The molecule has 2 N–H and O–H groups in total. The molecule has 0 spiro atoms. The summed E-state index contributed by atoms with van der Waals surface area (Å²) >= 11 is 0. The van der Waals surface area contributed by atoms with Gasteiger partial charge in [-0.25, -0.2) is 9.78 Å². The molecule has 1 saturated heterocycles. The normalized spacial score (nSPS) is 19.6. The van der Waals surface area contributed by atoms with E-state index in [1.54, 1.807) is 19.2 Å². The Labute approximate surface area is 125 Å². The van der Waals surface area contributed by atoms with Gasteiger partial charge in [-0.2, -0.15) is 0 Å². The Morgan fingerprint density at radius 1 is 1.48 bits per heavy atom. The van der Waals surface area contributed by atoms with E-state index in [-0.39, 0.29) is 5.97 Å². The van der Waals surface area contributed by atoms with Gasteiger partial charge in [0, 0.05) is 25.7 Å². The number of piperazine rings is 1. The molecule has 1 aromatic heterocycles. The van der Waals surface area contributed by atoms with Crippen LogP contribution in [0.2, 0.25) is 0 Å². The summed E-state index contributed by atoms with van der Waals surface area (Å²) in [4.78, 5) is 21.0. The average molecular weight is 292 g/mol. The first kappa shape index (κ1) is 15.6. The molecule has 0 saturated carbocycles. The van der Waals surface area contributed by atoms with Gasteiger partial charge in [-0.05, 0) is 26.5 Å². The minimum absolute atomic E-state index is 0.341. The lowest BCUT2D eigenvalue weighted by atomic mass is 10.1. The maximum absolute atomic E-state index is 12.1. The van der Waals surface area contributed by atoms with Crippen molar-refractivity contribution in [2.45, 2.75) is 26.3 Å². The topological polar surface area (TPSA) is 71.7 Å². The van der Waals surface area contributed by atoms with Crippen LogP contribution in [0.4, 0.5) is 11.5 Å². The molecule has 1 fully saturated rings. The zero-order chi connectivity index (χ0) is 15.4. The summed E-state index contributed by atoms with van der Waals surface area (Å²) in [6.07, 6.45) is 2.66. The second-order valence-electron chi connectivity index (χ2n) is 5.35. The standard InChI is InChI=1S/C15H24N4O2/c1-4-12-10-19(7-6-18(12)3)14-13(15(20)21-5-2)8-11(16)9-17-14/h8-9,12H,4-7,10,16H2,1-3H3. The van der Waals surface area contributed by atoms with Crippen LogP contribution in [0, 0.1) is 0 Å². The van der Waals surface area contributed by atoms with E-state index in [2.05, 4.69) is 28.8 Å². The predicted octanol–water partition coefficient (Wildman–Crippen LogP) is 1.37. The smallest absolute Gasteiger partial charge is 0.341 e. The van der Waals surface area contributed by atoms with Crippen LogP contribution in [0.5, 0.6) is 0 Å². The summed E-state index contributed by atoms with van der Waals surface area (Å²) in [5.74, 6) is 0.313. The second-order valence-corrected chi connectivity index (χ2v) is 5.35. The summed E-state index contributed by atoms with van der Waals surface area (Å²) in [6.45, 7) is 6.96. The predicted molar refractivity (Wildman–Crippen MR) is 83.5 cm³/mol. The minimum Gasteiger partial charge on any atom is -0.462 e. The van der Waals surface area contributed by atoms with Crippen molar-refractivity contribution in [2.75, 3.05) is 43.9 Å². The van der Waals surface area contributed by atoms with E-state index in [1.807, 2.05) is 0 Å². The molecule has 0 aromatic carbocycles. The number of hydrogen-bond donors (Lipinski definition) is 1. The van der Waals surface area contributed by atoms with Crippen LogP contribution in [-0.2, 0) is 4.74 Å². The lowest BCUT2D eigenvalue weighted by Gasteiger charge is -2.40. The van der Waals surface area contributed by atoms with Crippen molar-refractivity contribution in [3.05, 3.63) is 17.8 Å². The van der Waals surface area contributed by atoms with Crippen LogP contribution in [0.15, 0.2) is 12.3 Å². The Bertz CT molecular complexity index is 506. The van der Waals surface area contributed by atoms with Crippen LogP contribution in [-0.4, -0.2) is 55.2 Å². The van der Waals surface area contributed by atoms with Crippen molar-refractivity contribution >= 4 is 17.5 Å². The van der Waals surface area contributed by atoms with Gasteiger partial charge in [0.1, 0.15) is 11.4 Å². The maximum Gasteiger partial charge on any atom is 0.341 e. The van der Waals surface area contributed by atoms with Crippen molar-refractivity contribution in [1.82, 2.24) is 9.88 Å². The van der Waals surface area contributed by atoms with Gasteiger partial charge in [0.15, 0.2) is 0 Å². The molecule has 0 aliphatic carbocycles. The first-order valence-electron chi connectivity index (χ1n) is 7.44. The third-order valence-electron chi connectivity index (χ3n) is 3.93. The number of likely N-dealkylation sites (N-methyl/N-ethyl adjacent to an activating group) is 1. The van der Waals surface area contributed by atoms with Crippen LogP contribution >= 0.6 is 0 Å². The molecule has 0 bridgehead atoms. The Hall–Kier alpha value is -1.82. The van der Waals surface area contributed by atoms with Crippen LogP contribution < -0.4 is 10.6 Å². The highest BCUT2D eigenvalue weighted by Gasteiger charge is 2.27. The second kappa shape index (κ2) is 6.76. The average Bonchev–Trinajstić information content (AvgIpc) is 2.48. The van der Waals surface area contributed by atoms with Gasteiger partial charge in [-0.1, -0.05) is 6.92 Å². The summed E-state index contributed by atoms with van der Waals surface area (Å²) in [5.41, 5.74) is 6.70. The van der Waals surface area contributed by atoms with E-state index in [1.165, 1.54) is 0 Å². The number of nitrogen functional groups attached to an aromatic ring is 1. The molecule has 1 unspecified atom stereocenters. The fourth-order valence-electron chi connectivity index (χ4n) is 2.66. The van der Waals surface area contributed by atoms with E-state index in [0.717, 1.165) is 26.1 Å². The zero-order valence-electron chi connectivity index (χ0n) is 13.0. The first-order valence-corrected chi connectivity index (χ1v) is 7.44. The van der Waals surface area contributed by atoms with E-state index in [4.69, 9.17) is 10.5 Å². The van der Waals surface area contributed by atoms with Crippen LogP contribution in [0.25, 0.3) is 0 Å². The van der Waals surface area contributed by atoms with Gasteiger partial charge in [0.2, 0.25) is 0 Å². The number of aromatic nitrogens is 1. The number of hydrogen-bond acceptors (Lipinski definition) is 6. The highest BCUT2D eigenvalue weighted by molar-refractivity contribution is 5.95. The Morgan fingerprint density at radius 2 is 2.24 bits per heavy atom. The fraction of sp³-hybridized carbons (Fsp3) is 0.600. The molecule has 1 aromatic rings. The van der Waals surface area contributed by atoms with Gasteiger partial charge < -0.3 is 15.4 Å². The Balaban J connectivity index is 2.28. The molecular weight excluding hydrogens is 268 g/mol. The van der Waals surface area contributed by atoms with Crippen LogP contribution in [0.3, 0.4) is 0 Å². The number of ether oxygens (including phenoxy) is 1. The van der Waals surface area contributed by atoms with Crippen LogP contribution in [0.1, 0.15) is 30.6 Å². The lowest BCUT2D eigenvalue weighted by molar-refractivity contribution is 0.0526. The van der Waals surface area contributed by atoms with E-state index < -0.39 is 0 Å². The number of pyridine rings is 1. The minimum atomic E-state index is -0.362. The molecule has 6 heteroatoms. The highest BCUT2D eigenvalue weighted by atomic mass is 16.5. The third kappa shape index (κ3) is 3.44. The van der Waals surface area contributed by atoms with Gasteiger partial charge in [0.05, 0.1) is 18.5 Å². The summed E-state index contributed by atoms with van der Waals surface area (Å²) in [5, 5.41) is 0. The van der Waals surface area contributed by atoms with Gasteiger partial charge in [-0.15, -0.1) is 0 Å². The number of nitrogens with zero attached hydrogens (tertiary/aromatic N) is 3. The molecule has 0 radical (unpaired) electrons. The summed E-state index contributed by atoms with van der Waals surface area (Å²) in [7, 11) is 2.13. The molecule has 2 heterocycles. The molecule has 21 heavy (non-hydrogen) atoms. The number of carbonyl (C=O) groups is 1. The van der Waals surface area contributed by atoms with Gasteiger partial charge in [-0.3, -0.25) is 4.90 Å². The first-order chi connectivity index (χ1) is 10.1. The third-order valence-corrected chi connectivity index (χ3v) is 3.93. The molecule has 1 atom stereocenters. The fourth-order valence-corrected chi connectivity index (χ4v) is 2.66. The van der Waals surface area contributed by atoms with Crippen molar-refractivity contribution in [3.63, 3.8) is 0 Å². The zero-order valence-corrected chi connectivity index (χ0v) is 13.0. The largest absolute Gasteiger partial charge is 0.462 e. The van der Waals surface area contributed by atoms with Gasteiger partial charge >= 0.3 is 5.97 Å². The van der Waals surface area contributed by atoms with Crippen molar-refractivity contribution < 1.29 is 9.53 Å². The van der Waals surface area contributed by atoms with Crippen molar-refractivity contribution in [2.24, 2.45) is 0 Å². The molecule has 116 valence electrons. The van der Waals surface area contributed by atoms with E-state index in [9.17, 15) is 4.79 Å². The molecular formula is C15H24N4O2.